The van der Waals surface area contributed by atoms with Crippen molar-refractivity contribution in [2.24, 2.45) is 0 Å². The van der Waals surface area contributed by atoms with Crippen molar-refractivity contribution in [2.45, 2.75) is 13.8 Å². The van der Waals surface area contributed by atoms with E-state index < -0.39 is 4.92 Å². The van der Waals surface area contributed by atoms with Gasteiger partial charge < -0.3 is 0 Å². The molecule has 0 saturated carbocycles. The number of benzene rings is 1. The maximum Gasteiger partial charge on any atom is 0.272 e. The second kappa shape index (κ2) is 3.23. The van der Waals surface area contributed by atoms with Crippen LogP contribution in [0.1, 0.15) is 16.7 Å². The number of hydrogen-bond acceptors (Lipinski definition) is 3. The van der Waals surface area contributed by atoms with Gasteiger partial charge in [0.2, 0.25) is 0 Å². The zero-order valence-corrected chi connectivity index (χ0v) is 7.37. The van der Waals surface area contributed by atoms with Crippen LogP contribution in [0.15, 0.2) is 12.1 Å². The highest BCUT2D eigenvalue weighted by molar-refractivity contribution is 5.50. The average molecular weight is 176 g/mol. The molecular formula is C9H8N2O2. The van der Waals surface area contributed by atoms with Crippen LogP contribution in [0.4, 0.5) is 5.69 Å². The molecule has 66 valence electrons. The van der Waals surface area contributed by atoms with Crippen LogP contribution >= 0.6 is 0 Å². The van der Waals surface area contributed by atoms with E-state index >= 15 is 0 Å². The number of nitriles is 1. The van der Waals surface area contributed by atoms with Gasteiger partial charge in [0.15, 0.2) is 0 Å². The van der Waals surface area contributed by atoms with Crippen LogP contribution in [-0.2, 0) is 0 Å². The molecule has 0 N–H and O–H groups in total. The first-order valence-corrected chi connectivity index (χ1v) is 3.72. The number of nitro groups is 1. The van der Waals surface area contributed by atoms with Gasteiger partial charge in [-0.15, -0.1) is 0 Å². The fourth-order valence-corrected chi connectivity index (χ4v) is 1.12. The summed E-state index contributed by atoms with van der Waals surface area (Å²) in [5, 5.41) is 19.1. The van der Waals surface area contributed by atoms with E-state index in [9.17, 15) is 10.1 Å². The van der Waals surface area contributed by atoms with Gasteiger partial charge >= 0.3 is 0 Å². The van der Waals surface area contributed by atoms with Crippen molar-refractivity contribution in [3.8, 4) is 6.07 Å². The lowest BCUT2D eigenvalue weighted by Crippen LogP contribution is -1.94. The Balaban J connectivity index is 3.39. The van der Waals surface area contributed by atoms with E-state index in [1.807, 2.05) is 6.07 Å². The molecule has 0 aliphatic rings. The Morgan fingerprint density at radius 2 is 2.00 bits per heavy atom. The summed E-state index contributed by atoms with van der Waals surface area (Å²) in [5.74, 6) is 0. The highest BCUT2D eigenvalue weighted by atomic mass is 16.6. The maximum absolute atomic E-state index is 10.5. The third-order valence-corrected chi connectivity index (χ3v) is 1.86. The average Bonchev–Trinajstić information content (AvgIpc) is 2.07. The normalized spacial score (nSPS) is 9.31. The smallest absolute Gasteiger partial charge is 0.258 e. The minimum absolute atomic E-state index is 0.0662. The van der Waals surface area contributed by atoms with Crippen molar-refractivity contribution in [1.29, 1.82) is 5.26 Å². The Morgan fingerprint density at radius 1 is 1.38 bits per heavy atom. The molecule has 0 saturated heterocycles. The summed E-state index contributed by atoms with van der Waals surface area (Å²) in [6.07, 6.45) is 0. The van der Waals surface area contributed by atoms with Gasteiger partial charge in [0.05, 0.1) is 16.6 Å². The number of aryl methyl sites for hydroxylation is 2. The van der Waals surface area contributed by atoms with Crippen LogP contribution in [0.5, 0.6) is 0 Å². The van der Waals surface area contributed by atoms with Gasteiger partial charge in [0.25, 0.3) is 5.69 Å². The molecule has 1 rings (SSSR count). The Bertz CT molecular complexity index is 405. The molecule has 4 nitrogen and oxygen atoms in total. The van der Waals surface area contributed by atoms with E-state index in [2.05, 4.69) is 0 Å². The van der Waals surface area contributed by atoms with Crippen molar-refractivity contribution >= 4 is 5.69 Å². The molecule has 0 aliphatic carbocycles. The minimum Gasteiger partial charge on any atom is -0.258 e. The summed E-state index contributed by atoms with van der Waals surface area (Å²) in [5.41, 5.74) is 1.71. The van der Waals surface area contributed by atoms with Crippen LogP contribution in [0, 0.1) is 35.3 Å². The maximum atomic E-state index is 10.5. The lowest BCUT2D eigenvalue weighted by Gasteiger charge is -2.00. The lowest BCUT2D eigenvalue weighted by atomic mass is 10.1. The first-order valence-electron chi connectivity index (χ1n) is 3.72. The van der Waals surface area contributed by atoms with Crippen molar-refractivity contribution < 1.29 is 4.92 Å². The number of rotatable bonds is 1. The molecule has 4 heteroatoms. The van der Waals surface area contributed by atoms with Gasteiger partial charge in [-0.05, 0) is 25.5 Å². The van der Waals surface area contributed by atoms with Gasteiger partial charge in [0.1, 0.15) is 0 Å². The first-order chi connectivity index (χ1) is 6.06. The summed E-state index contributed by atoms with van der Waals surface area (Å²) in [6.45, 7) is 3.31. The summed E-state index contributed by atoms with van der Waals surface area (Å²) >= 11 is 0. The fourth-order valence-electron chi connectivity index (χ4n) is 1.12. The number of hydrogen-bond donors (Lipinski definition) is 0. The molecule has 0 unspecified atom stereocenters. The van der Waals surface area contributed by atoms with Crippen molar-refractivity contribution in [3.63, 3.8) is 0 Å². The van der Waals surface area contributed by atoms with Crippen molar-refractivity contribution in [3.05, 3.63) is 38.9 Å². The van der Waals surface area contributed by atoms with Gasteiger partial charge in [0, 0.05) is 11.6 Å². The monoisotopic (exact) mass is 176 g/mol. The second-order valence-corrected chi connectivity index (χ2v) is 2.82. The third-order valence-electron chi connectivity index (χ3n) is 1.86. The molecule has 0 fully saturated rings. The molecule has 13 heavy (non-hydrogen) atoms. The van der Waals surface area contributed by atoms with Crippen LogP contribution in [-0.4, -0.2) is 4.92 Å². The van der Waals surface area contributed by atoms with Gasteiger partial charge in [-0.3, -0.25) is 10.1 Å². The van der Waals surface area contributed by atoms with Crippen LogP contribution < -0.4 is 0 Å². The highest BCUT2D eigenvalue weighted by Gasteiger charge is 2.12. The van der Waals surface area contributed by atoms with E-state index in [0.29, 0.717) is 16.7 Å². The van der Waals surface area contributed by atoms with Crippen molar-refractivity contribution in [2.75, 3.05) is 0 Å². The molecule has 1 aromatic rings. The summed E-state index contributed by atoms with van der Waals surface area (Å²) in [6, 6.07) is 4.94. The zero-order chi connectivity index (χ0) is 10.0. The van der Waals surface area contributed by atoms with E-state index in [1.54, 1.807) is 13.8 Å². The highest BCUT2D eigenvalue weighted by Crippen LogP contribution is 2.21. The molecule has 1 aromatic carbocycles. The number of nitrogens with zero attached hydrogens (tertiary/aromatic N) is 2. The Kier molecular flexibility index (Phi) is 2.29. The molecule has 0 aromatic heterocycles. The first kappa shape index (κ1) is 9.20. The molecule has 0 amide bonds. The molecule has 0 bridgehead atoms. The van der Waals surface area contributed by atoms with Gasteiger partial charge in [-0.2, -0.15) is 5.26 Å². The van der Waals surface area contributed by atoms with E-state index in [1.165, 1.54) is 12.1 Å². The number of nitro benzene ring substituents is 1. The Hall–Kier alpha value is -1.89. The largest absolute Gasteiger partial charge is 0.272 e. The predicted molar refractivity (Wildman–Crippen MR) is 47.3 cm³/mol. The molecular weight excluding hydrogens is 168 g/mol. The van der Waals surface area contributed by atoms with Crippen molar-refractivity contribution in [1.82, 2.24) is 0 Å². The quantitative estimate of drug-likeness (QED) is 0.486. The molecule has 0 spiro atoms. The van der Waals surface area contributed by atoms with Crippen LogP contribution in [0.2, 0.25) is 0 Å². The van der Waals surface area contributed by atoms with Crippen LogP contribution in [0.3, 0.4) is 0 Å². The third kappa shape index (κ3) is 1.64. The summed E-state index contributed by atoms with van der Waals surface area (Å²) in [4.78, 5) is 10.1. The summed E-state index contributed by atoms with van der Waals surface area (Å²) < 4.78 is 0. The second-order valence-electron chi connectivity index (χ2n) is 2.82. The SMILES string of the molecule is Cc1cc([N+](=O)[O-])c(C)cc1C#N. The molecule has 0 heterocycles. The standard InChI is InChI=1S/C9H8N2O2/c1-6-4-9(11(12)13)7(2)3-8(6)5-10/h3-4H,1-2H3. The fraction of sp³-hybridized carbons (Fsp3) is 0.222. The predicted octanol–water partition coefficient (Wildman–Crippen LogP) is 2.08. The van der Waals surface area contributed by atoms with E-state index in [4.69, 9.17) is 5.26 Å². The zero-order valence-electron chi connectivity index (χ0n) is 7.37. The van der Waals surface area contributed by atoms with E-state index in [-0.39, 0.29) is 5.69 Å². The van der Waals surface area contributed by atoms with Gasteiger partial charge in [-0.1, -0.05) is 0 Å². The summed E-state index contributed by atoms with van der Waals surface area (Å²) in [7, 11) is 0. The molecule has 0 radical (unpaired) electrons. The molecule has 0 aliphatic heterocycles. The van der Waals surface area contributed by atoms with E-state index in [0.717, 1.165) is 0 Å². The Labute approximate surface area is 75.6 Å². The lowest BCUT2D eigenvalue weighted by molar-refractivity contribution is -0.385. The molecule has 0 atom stereocenters. The minimum atomic E-state index is -0.441. The Morgan fingerprint density at radius 3 is 2.46 bits per heavy atom. The topological polar surface area (TPSA) is 66.9 Å². The van der Waals surface area contributed by atoms with Crippen LogP contribution in [0.25, 0.3) is 0 Å². The van der Waals surface area contributed by atoms with Gasteiger partial charge in [-0.25, -0.2) is 0 Å².